The Morgan fingerprint density at radius 2 is 1.69 bits per heavy atom. The number of thiazole rings is 1. The highest BCUT2D eigenvalue weighted by atomic mass is 32.1. The van der Waals surface area contributed by atoms with Gasteiger partial charge in [0.1, 0.15) is 21.2 Å². The SMILES string of the molecule is Cc1cc(-c2ccc(-c3nc4ccc(C5(c6ccccc6)CC5)nc4s3)c(F)c2)cn1C(C)(C)C. The first-order chi connectivity index (χ1) is 16.7. The van der Waals surface area contributed by atoms with Gasteiger partial charge in [0.2, 0.25) is 0 Å². The van der Waals surface area contributed by atoms with E-state index in [4.69, 9.17) is 9.97 Å². The van der Waals surface area contributed by atoms with Crippen LogP contribution in [0.5, 0.6) is 0 Å². The zero-order valence-electron chi connectivity index (χ0n) is 20.5. The van der Waals surface area contributed by atoms with Crippen molar-refractivity contribution in [1.82, 2.24) is 14.5 Å². The van der Waals surface area contributed by atoms with Gasteiger partial charge in [0.05, 0.1) is 5.69 Å². The number of aryl methyl sites for hydroxylation is 1. The molecule has 5 aromatic rings. The Balaban J connectivity index is 1.34. The van der Waals surface area contributed by atoms with Gasteiger partial charge in [-0.3, -0.25) is 0 Å². The third kappa shape index (κ3) is 3.79. The third-order valence-electron chi connectivity index (χ3n) is 7.09. The van der Waals surface area contributed by atoms with Crippen LogP contribution < -0.4 is 0 Å². The van der Waals surface area contributed by atoms with Crippen LogP contribution in [0.15, 0.2) is 72.9 Å². The van der Waals surface area contributed by atoms with Gasteiger partial charge in [0, 0.05) is 28.4 Å². The predicted octanol–water partition coefficient (Wildman–Crippen LogP) is 8.11. The van der Waals surface area contributed by atoms with Crippen molar-refractivity contribution in [1.29, 1.82) is 0 Å². The highest BCUT2D eigenvalue weighted by Crippen LogP contribution is 2.53. The van der Waals surface area contributed by atoms with E-state index >= 15 is 4.39 Å². The molecule has 0 atom stereocenters. The second kappa shape index (κ2) is 7.85. The Hall–Kier alpha value is -3.31. The molecule has 3 heterocycles. The van der Waals surface area contributed by atoms with Crippen molar-refractivity contribution in [2.75, 3.05) is 0 Å². The van der Waals surface area contributed by atoms with Gasteiger partial charge in [-0.1, -0.05) is 47.7 Å². The summed E-state index contributed by atoms with van der Waals surface area (Å²) in [5.41, 5.74) is 6.78. The summed E-state index contributed by atoms with van der Waals surface area (Å²) in [6.07, 6.45) is 4.31. The van der Waals surface area contributed by atoms with E-state index in [0.29, 0.717) is 10.6 Å². The van der Waals surface area contributed by atoms with Gasteiger partial charge in [-0.05, 0) is 87.6 Å². The molecule has 0 saturated heterocycles. The lowest BCUT2D eigenvalue weighted by molar-refractivity contribution is 0.391. The summed E-state index contributed by atoms with van der Waals surface area (Å²) in [5, 5.41) is 0.668. The molecule has 35 heavy (non-hydrogen) atoms. The average molecular weight is 482 g/mol. The van der Waals surface area contributed by atoms with Crippen LogP contribution in [0.25, 0.3) is 32.0 Å². The fourth-order valence-electron chi connectivity index (χ4n) is 5.10. The first kappa shape index (κ1) is 22.2. The van der Waals surface area contributed by atoms with Gasteiger partial charge < -0.3 is 4.57 Å². The Morgan fingerprint density at radius 3 is 2.34 bits per heavy atom. The summed E-state index contributed by atoms with van der Waals surface area (Å²) in [7, 11) is 0. The number of nitrogens with zero attached hydrogens (tertiary/aromatic N) is 3. The first-order valence-corrected chi connectivity index (χ1v) is 12.9. The van der Waals surface area contributed by atoms with Gasteiger partial charge >= 0.3 is 0 Å². The summed E-state index contributed by atoms with van der Waals surface area (Å²) in [4.78, 5) is 10.6. The molecule has 0 aliphatic heterocycles. The topological polar surface area (TPSA) is 30.7 Å². The van der Waals surface area contributed by atoms with E-state index in [2.05, 4.69) is 74.9 Å². The quantitative estimate of drug-likeness (QED) is 0.260. The van der Waals surface area contributed by atoms with E-state index in [-0.39, 0.29) is 16.8 Å². The number of aromatic nitrogens is 3. The number of pyridine rings is 1. The smallest absolute Gasteiger partial charge is 0.144 e. The van der Waals surface area contributed by atoms with E-state index in [1.807, 2.05) is 24.3 Å². The van der Waals surface area contributed by atoms with Crippen molar-refractivity contribution in [3.05, 3.63) is 95.7 Å². The second-order valence-corrected chi connectivity index (χ2v) is 11.6. The average Bonchev–Trinajstić information content (AvgIpc) is 3.38. The zero-order valence-corrected chi connectivity index (χ0v) is 21.3. The number of halogens is 1. The first-order valence-electron chi connectivity index (χ1n) is 12.1. The standard InChI is InChI=1S/C30H28FN3S/c1-19-16-21(18-34(19)29(2,3)4)20-10-11-23(24(31)17-20)27-32-25-12-13-26(33-28(25)35-27)30(14-15-30)22-8-6-5-7-9-22/h5-13,16-18H,14-15H2,1-4H3. The molecule has 5 heteroatoms. The molecule has 0 amide bonds. The minimum atomic E-state index is -0.258. The summed E-state index contributed by atoms with van der Waals surface area (Å²) in [5.74, 6) is -0.258. The van der Waals surface area contributed by atoms with Crippen LogP contribution in [0.1, 0.15) is 50.6 Å². The molecule has 0 spiro atoms. The number of hydrogen-bond donors (Lipinski definition) is 0. The highest BCUT2D eigenvalue weighted by Gasteiger charge is 2.47. The van der Waals surface area contributed by atoms with Gasteiger partial charge in [-0.15, -0.1) is 0 Å². The maximum atomic E-state index is 15.3. The van der Waals surface area contributed by atoms with Crippen molar-refractivity contribution < 1.29 is 4.39 Å². The van der Waals surface area contributed by atoms with E-state index in [1.165, 1.54) is 16.9 Å². The van der Waals surface area contributed by atoms with Crippen LogP contribution in [-0.4, -0.2) is 14.5 Å². The number of rotatable bonds is 4. The molecular formula is C30H28FN3S. The summed E-state index contributed by atoms with van der Waals surface area (Å²) in [6, 6.07) is 22.3. The van der Waals surface area contributed by atoms with Gasteiger partial charge in [-0.25, -0.2) is 14.4 Å². The van der Waals surface area contributed by atoms with Crippen molar-refractivity contribution in [2.45, 2.75) is 51.5 Å². The lowest BCUT2D eigenvalue weighted by atomic mass is 9.92. The highest BCUT2D eigenvalue weighted by molar-refractivity contribution is 7.21. The lowest BCUT2D eigenvalue weighted by Crippen LogP contribution is -2.21. The summed E-state index contributed by atoms with van der Waals surface area (Å²) < 4.78 is 17.6. The van der Waals surface area contributed by atoms with E-state index in [1.54, 1.807) is 6.07 Å². The number of fused-ring (bicyclic) bond motifs is 1. The van der Waals surface area contributed by atoms with E-state index < -0.39 is 0 Å². The summed E-state index contributed by atoms with van der Waals surface area (Å²) >= 11 is 1.46. The largest absolute Gasteiger partial charge is 0.346 e. The normalized spacial score (nSPS) is 15.0. The van der Waals surface area contributed by atoms with Crippen LogP contribution in [0.4, 0.5) is 4.39 Å². The molecule has 0 bridgehead atoms. The molecule has 3 nitrogen and oxygen atoms in total. The molecule has 176 valence electrons. The minimum Gasteiger partial charge on any atom is -0.346 e. The number of benzene rings is 2. The van der Waals surface area contributed by atoms with Gasteiger partial charge in [-0.2, -0.15) is 0 Å². The molecule has 1 saturated carbocycles. The maximum absolute atomic E-state index is 15.3. The fourth-order valence-corrected chi connectivity index (χ4v) is 6.06. The van der Waals surface area contributed by atoms with Gasteiger partial charge in [0.25, 0.3) is 0 Å². The maximum Gasteiger partial charge on any atom is 0.144 e. The Kier molecular flexibility index (Phi) is 4.98. The Morgan fingerprint density at radius 1 is 0.914 bits per heavy atom. The van der Waals surface area contributed by atoms with Crippen molar-refractivity contribution >= 4 is 21.7 Å². The molecule has 0 radical (unpaired) electrons. The minimum absolute atomic E-state index is 0.00803. The molecule has 3 aromatic heterocycles. The van der Waals surface area contributed by atoms with Crippen LogP contribution in [-0.2, 0) is 11.0 Å². The lowest BCUT2D eigenvalue weighted by Gasteiger charge is -2.23. The zero-order chi connectivity index (χ0) is 24.4. The predicted molar refractivity (Wildman–Crippen MR) is 142 cm³/mol. The monoisotopic (exact) mass is 481 g/mol. The van der Waals surface area contributed by atoms with Gasteiger partial charge in [0.15, 0.2) is 0 Å². The molecular weight excluding hydrogens is 453 g/mol. The fraction of sp³-hybridized carbons (Fsp3) is 0.267. The Bertz CT molecular complexity index is 1550. The van der Waals surface area contributed by atoms with Crippen molar-refractivity contribution in [3.63, 3.8) is 0 Å². The summed E-state index contributed by atoms with van der Waals surface area (Å²) in [6.45, 7) is 8.60. The van der Waals surface area contributed by atoms with Crippen LogP contribution in [0.2, 0.25) is 0 Å². The van der Waals surface area contributed by atoms with Crippen molar-refractivity contribution in [3.8, 4) is 21.7 Å². The molecule has 1 fully saturated rings. The number of hydrogen-bond acceptors (Lipinski definition) is 3. The molecule has 1 aliphatic rings. The van der Waals surface area contributed by atoms with Crippen LogP contribution in [0, 0.1) is 12.7 Å². The Labute approximate surface area is 209 Å². The van der Waals surface area contributed by atoms with Crippen LogP contribution >= 0.6 is 11.3 Å². The molecule has 6 rings (SSSR count). The van der Waals surface area contributed by atoms with Crippen LogP contribution in [0.3, 0.4) is 0 Å². The molecule has 2 aromatic carbocycles. The van der Waals surface area contributed by atoms with Crippen molar-refractivity contribution in [2.24, 2.45) is 0 Å². The van der Waals surface area contributed by atoms with E-state index in [9.17, 15) is 0 Å². The molecule has 0 N–H and O–H groups in total. The third-order valence-corrected chi connectivity index (χ3v) is 8.09. The second-order valence-electron chi connectivity index (χ2n) is 10.6. The van der Waals surface area contributed by atoms with E-state index in [0.717, 1.165) is 45.7 Å². The molecule has 1 aliphatic carbocycles. The molecule has 0 unspecified atom stereocenters.